The third-order valence-electron chi connectivity index (χ3n) is 4.14. The lowest BCUT2D eigenvalue weighted by Gasteiger charge is -2.07. The van der Waals surface area contributed by atoms with Crippen molar-refractivity contribution in [2.45, 2.75) is 6.54 Å². The van der Waals surface area contributed by atoms with E-state index in [1.165, 1.54) is 7.11 Å². The fourth-order valence-electron chi connectivity index (χ4n) is 2.81. The summed E-state index contributed by atoms with van der Waals surface area (Å²) in [6.07, 6.45) is 1.89. The molecule has 7 nitrogen and oxygen atoms in total. The number of nitrogens with zero attached hydrogens (tertiary/aromatic N) is 1. The molecule has 3 aromatic rings. The number of aromatic nitrogens is 1. The highest BCUT2D eigenvalue weighted by Crippen LogP contribution is 2.26. The van der Waals surface area contributed by atoms with Gasteiger partial charge in [-0.3, -0.25) is 0 Å². The highest BCUT2D eigenvalue weighted by atomic mass is 16.5. The maximum absolute atomic E-state index is 12.4. The fraction of sp³-hybridized carbons (Fsp3) is 0.200. The van der Waals surface area contributed by atoms with Crippen molar-refractivity contribution in [3.05, 3.63) is 60.3 Å². The standard InChI is InChI=1S/C20H21N3O4/c1-26-12-11-23-13-17(16-5-3-4-6-18(16)23)22-20(25)21-15-9-7-14(8-10-15)19(24)27-2/h3-10,13H,11-12H2,1-2H3,(H2,21,22,25). The summed E-state index contributed by atoms with van der Waals surface area (Å²) in [5.41, 5.74) is 2.73. The van der Waals surface area contributed by atoms with E-state index in [0.717, 1.165) is 10.9 Å². The summed E-state index contributed by atoms with van der Waals surface area (Å²) < 4.78 is 11.8. The molecule has 27 heavy (non-hydrogen) atoms. The van der Waals surface area contributed by atoms with Gasteiger partial charge < -0.3 is 24.7 Å². The van der Waals surface area contributed by atoms with Gasteiger partial charge >= 0.3 is 12.0 Å². The molecule has 1 heterocycles. The van der Waals surface area contributed by atoms with Crippen LogP contribution in [0.4, 0.5) is 16.2 Å². The number of methoxy groups -OCH3 is 2. The molecule has 0 spiro atoms. The molecule has 2 N–H and O–H groups in total. The first-order valence-corrected chi connectivity index (χ1v) is 8.45. The number of carbonyl (C=O) groups excluding carboxylic acids is 2. The summed E-state index contributed by atoms with van der Waals surface area (Å²) in [5, 5.41) is 6.58. The summed E-state index contributed by atoms with van der Waals surface area (Å²) in [5.74, 6) is -0.421. The summed E-state index contributed by atoms with van der Waals surface area (Å²) in [7, 11) is 2.98. The lowest BCUT2D eigenvalue weighted by Crippen LogP contribution is -2.19. The second-order valence-corrected chi connectivity index (χ2v) is 5.89. The number of nitrogens with one attached hydrogen (secondary N) is 2. The van der Waals surface area contributed by atoms with Gasteiger partial charge in [0, 0.05) is 30.9 Å². The minimum atomic E-state index is -0.421. The molecule has 7 heteroatoms. The molecule has 0 saturated heterocycles. The smallest absolute Gasteiger partial charge is 0.337 e. The predicted octanol–water partition coefficient (Wildman–Crippen LogP) is 3.72. The van der Waals surface area contributed by atoms with Crippen LogP contribution in [0.25, 0.3) is 10.9 Å². The van der Waals surface area contributed by atoms with Gasteiger partial charge in [-0.2, -0.15) is 0 Å². The molecule has 2 aromatic carbocycles. The van der Waals surface area contributed by atoms with Gasteiger partial charge in [0.05, 0.1) is 30.5 Å². The molecule has 0 fully saturated rings. The van der Waals surface area contributed by atoms with E-state index in [-0.39, 0.29) is 6.03 Å². The SMILES string of the molecule is COCCn1cc(NC(=O)Nc2ccc(C(=O)OC)cc2)c2ccccc21. The van der Waals surface area contributed by atoms with Crippen molar-refractivity contribution < 1.29 is 19.1 Å². The number of fused-ring (bicyclic) bond motifs is 1. The van der Waals surface area contributed by atoms with Crippen molar-refractivity contribution in [2.24, 2.45) is 0 Å². The number of ether oxygens (including phenoxy) is 2. The second kappa shape index (κ2) is 8.37. The Morgan fingerprint density at radius 1 is 1.00 bits per heavy atom. The van der Waals surface area contributed by atoms with E-state index in [0.29, 0.717) is 30.1 Å². The molecular weight excluding hydrogens is 346 g/mol. The Balaban J connectivity index is 1.73. The van der Waals surface area contributed by atoms with Crippen LogP contribution in [-0.4, -0.2) is 37.4 Å². The van der Waals surface area contributed by atoms with Crippen LogP contribution in [0.3, 0.4) is 0 Å². The van der Waals surface area contributed by atoms with Gasteiger partial charge in [-0.05, 0) is 30.3 Å². The van der Waals surface area contributed by atoms with Crippen LogP contribution in [0.5, 0.6) is 0 Å². The fourth-order valence-corrected chi connectivity index (χ4v) is 2.81. The van der Waals surface area contributed by atoms with Crippen LogP contribution < -0.4 is 10.6 Å². The number of benzene rings is 2. The van der Waals surface area contributed by atoms with E-state index < -0.39 is 5.97 Å². The van der Waals surface area contributed by atoms with Gasteiger partial charge in [-0.15, -0.1) is 0 Å². The molecule has 0 aliphatic carbocycles. The number of urea groups is 1. The van der Waals surface area contributed by atoms with Crippen LogP contribution in [0.2, 0.25) is 0 Å². The molecule has 0 aliphatic rings. The number of amides is 2. The van der Waals surface area contributed by atoms with Crippen molar-refractivity contribution in [1.82, 2.24) is 4.57 Å². The van der Waals surface area contributed by atoms with Crippen LogP contribution in [0.1, 0.15) is 10.4 Å². The van der Waals surface area contributed by atoms with Crippen molar-refractivity contribution in [3.63, 3.8) is 0 Å². The van der Waals surface area contributed by atoms with Crippen molar-refractivity contribution in [3.8, 4) is 0 Å². The van der Waals surface area contributed by atoms with Crippen LogP contribution >= 0.6 is 0 Å². The zero-order chi connectivity index (χ0) is 19.2. The number of rotatable bonds is 6. The zero-order valence-corrected chi connectivity index (χ0v) is 15.2. The Hall–Kier alpha value is -3.32. The molecule has 0 aliphatic heterocycles. The largest absolute Gasteiger partial charge is 0.465 e. The van der Waals surface area contributed by atoms with Crippen LogP contribution in [0, 0.1) is 0 Å². The van der Waals surface area contributed by atoms with Gasteiger partial charge in [-0.25, -0.2) is 9.59 Å². The van der Waals surface area contributed by atoms with E-state index in [9.17, 15) is 9.59 Å². The maximum Gasteiger partial charge on any atom is 0.337 e. The number of carbonyl (C=O) groups is 2. The quantitative estimate of drug-likeness (QED) is 0.651. The highest BCUT2D eigenvalue weighted by Gasteiger charge is 2.11. The number of hydrogen-bond acceptors (Lipinski definition) is 4. The first-order chi connectivity index (χ1) is 13.1. The van der Waals surface area contributed by atoms with E-state index in [4.69, 9.17) is 4.74 Å². The Kier molecular flexibility index (Phi) is 5.73. The average Bonchev–Trinajstić information content (AvgIpc) is 3.04. The number of hydrogen-bond donors (Lipinski definition) is 2. The summed E-state index contributed by atoms with van der Waals surface area (Å²) >= 11 is 0. The Bertz CT molecular complexity index is 948. The van der Waals surface area contributed by atoms with E-state index in [2.05, 4.69) is 15.4 Å². The normalized spacial score (nSPS) is 10.6. The van der Waals surface area contributed by atoms with E-state index in [1.807, 2.05) is 35.0 Å². The Morgan fingerprint density at radius 2 is 1.74 bits per heavy atom. The molecule has 1 aromatic heterocycles. The molecular formula is C20H21N3O4. The predicted molar refractivity (Wildman–Crippen MR) is 104 cm³/mol. The molecule has 0 radical (unpaired) electrons. The number of esters is 1. The van der Waals surface area contributed by atoms with Gasteiger partial charge in [0.15, 0.2) is 0 Å². The monoisotopic (exact) mass is 367 g/mol. The minimum absolute atomic E-state index is 0.365. The summed E-state index contributed by atoms with van der Waals surface area (Å²) in [6, 6.07) is 14.0. The lowest BCUT2D eigenvalue weighted by atomic mass is 10.2. The third kappa shape index (κ3) is 4.27. The van der Waals surface area contributed by atoms with Crippen molar-refractivity contribution >= 4 is 34.3 Å². The highest BCUT2D eigenvalue weighted by molar-refractivity contribution is 6.06. The molecule has 3 rings (SSSR count). The zero-order valence-electron chi connectivity index (χ0n) is 15.2. The minimum Gasteiger partial charge on any atom is -0.465 e. The third-order valence-corrected chi connectivity index (χ3v) is 4.14. The van der Waals surface area contributed by atoms with E-state index in [1.54, 1.807) is 31.4 Å². The Labute approximate surface area is 156 Å². The molecule has 0 bridgehead atoms. The topological polar surface area (TPSA) is 81.6 Å². The van der Waals surface area contributed by atoms with Gasteiger partial charge in [0.25, 0.3) is 0 Å². The number of anilines is 2. The first kappa shape index (κ1) is 18.5. The van der Waals surface area contributed by atoms with Crippen molar-refractivity contribution in [2.75, 3.05) is 31.5 Å². The average molecular weight is 367 g/mol. The van der Waals surface area contributed by atoms with Crippen molar-refractivity contribution in [1.29, 1.82) is 0 Å². The van der Waals surface area contributed by atoms with Gasteiger partial charge in [0.1, 0.15) is 0 Å². The lowest BCUT2D eigenvalue weighted by molar-refractivity contribution is 0.0600. The second-order valence-electron chi connectivity index (χ2n) is 5.89. The molecule has 140 valence electrons. The molecule has 0 atom stereocenters. The van der Waals surface area contributed by atoms with Gasteiger partial charge in [-0.1, -0.05) is 18.2 Å². The molecule has 2 amide bonds. The summed E-state index contributed by atoms with van der Waals surface area (Å²) in [6.45, 7) is 1.27. The molecule has 0 unspecified atom stereocenters. The van der Waals surface area contributed by atoms with Crippen LogP contribution in [0.15, 0.2) is 54.7 Å². The maximum atomic E-state index is 12.4. The number of para-hydroxylation sites is 1. The van der Waals surface area contributed by atoms with Gasteiger partial charge in [0.2, 0.25) is 0 Å². The molecule has 0 saturated carbocycles. The first-order valence-electron chi connectivity index (χ1n) is 8.45. The van der Waals surface area contributed by atoms with Crippen LogP contribution in [-0.2, 0) is 16.0 Å². The Morgan fingerprint density at radius 3 is 2.44 bits per heavy atom. The van der Waals surface area contributed by atoms with E-state index >= 15 is 0 Å². The summed E-state index contributed by atoms with van der Waals surface area (Å²) in [4.78, 5) is 23.8.